The normalized spacial score (nSPS) is 12.5. The zero-order chi connectivity index (χ0) is 14.3. The summed E-state index contributed by atoms with van der Waals surface area (Å²) in [6.07, 6.45) is 0. The standard InChI is InChI=1S/C12H9BrN2O5/c1-18-10-5(6-3-7(12(16)17)15-14-6)2-8-11(9(10)13)20-4-19-8/h2-3H,4H2,1H3,(H,14,15)(H,16,17). The molecule has 7 nitrogen and oxygen atoms in total. The van der Waals surface area contributed by atoms with Gasteiger partial charge in [0.1, 0.15) is 15.9 Å². The van der Waals surface area contributed by atoms with Crippen molar-refractivity contribution in [2.75, 3.05) is 13.9 Å². The molecule has 0 bridgehead atoms. The molecule has 0 aliphatic carbocycles. The zero-order valence-electron chi connectivity index (χ0n) is 10.3. The fourth-order valence-corrected chi connectivity index (χ4v) is 2.63. The molecule has 2 heterocycles. The van der Waals surface area contributed by atoms with Crippen LogP contribution >= 0.6 is 15.9 Å². The Morgan fingerprint density at radius 1 is 1.50 bits per heavy atom. The van der Waals surface area contributed by atoms with Crippen molar-refractivity contribution in [1.29, 1.82) is 0 Å². The summed E-state index contributed by atoms with van der Waals surface area (Å²) in [5.41, 5.74) is 1.04. The molecule has 0 unspecified atom stereocenters. The van der Waals surface area contributed by atoms with Crippen molar-refractivity contribution in [2.24, 2.45) is 0 Å². The van der Waals surface area contributed by atoms with Crippen LogP contribution in [-0.2, 0) is 0 Å². The summed E-state index contributed by atoms with van der Waals surface area (Å²) in [4.78, 5) is 10.9. The van der Waals surface area contributed by atoms with Crippen molar-refractivity contribution in [3.8, 4) is 28.5 Å². The number of carbonyl (C=O) groups is 1. The van der Waals surface area contributed by atoms with E-state index in [0.717, 1.165) is 0 Å². The van der Waals surface area contributed by atoms with Crippen LogP contribution in [0.5, 0.6) is 17.2 Å². The van der Waals surface area contributed by atoms with E-state index < -0.39 is 5.97 Å². The Labute approximate surface area is 121 Å². The Morgan fingerprint density at radius 2 is 2.30 bits per heavy atom. The summed E-state index contributed by atoms with van der Waals surface area (Å²) in [5.74, 6) is 0.521. The first-order valence-corrected chi connectivity index (χ1v) is 6.36. The van der Waals surface area contributed by atoms with Crippen molar-refractivity contribution >= 4 is 21.9 Å². The van der Waals surface area contributed by atoms with Gasteiger partial charge in [-0.3, -0.25) is 5.10 Å². The number of nitrogens with zero attached hydrogens (tertiary/aromatic N) is 1. The van der Waals surface area contributed by atoms with Gasteiger partial charge in [0.25, 0.3) is 0 Å². The topological polar surface area (TPSA) is 93.7 Å². The van der Waals surface area contributed by atoms with Crippen molar-refractivity contribution in [2.45, 2.75) is 0 Å². The predicted octanol–water partition coefficient (Wildman–Crippen LogP) is 2.27. The van der Waals surface area contributed by atoms with Crippen LogP contribution in [0.2, 0.25) is 0 Å². The summed E-state index contributed by atoms with van der Waals surface area (Å²) in [6, 6.07) is 3.13. The molecule has 1 aromatic carbocycles. The molecule has 0 spiro atoms. The highest BCUT2D eigenvalue weighted by Crippen LogP contribution is 2.49. The van der Waals surface area contributed by atoms with Gasteiger partial charge >= 0.3 is 5.97 Å². The molecule has 0 amide bonds. The Balaban J connectivity index is 2.17. The molecule has 0 saturated heterocycles. The number of fused-ring (bicyclic) bond motifs is 1. The lowest BCUT2D eigenvalue weighted by atomic mass is 10.1. The van der Waals surface area contributed by atoms with Crippen molar-refractivity contribution in [1.82, 2.24) is 10.2 Å². The maximum absolute atomic E-state index is 10.9. The minimum absolute atomic E-state index is 0.00385. The third kappa shape index (κ3) is 1.88. The van der Waals surface area contributed by atoms with E-state index in [0.29, 0.717) is 33.0 Å². The molecule has 0 atom stereocenters. The summed E-state index contributed by atoms with van der Waals surface area (Å²) < 4.78 is 16.6. The number of H-pyrrole nitrogens is 1. The molecule has 2 aromatic rings. The van der Waals surface area contributed by atoms with Crippen LogP contribution in [0.25, 0.3) is 11.3 Å². The van der Waals surface area contributed by atoms with Crippen LogP contribution < -0.4 is 14.2 Å². The molecule has 0 saturated carbocycles. The highest BCUT2D eigenvalue weighted by Gasteiger charge is 2.25. The number of methoxy groups -OCH3 is 1. The molecule has 1 aromatic heterocycles. The van der Waals surface area contributed by atoms with Gasteiger partial charge in [0.15, 0.2) is 11.5 Å². The van der Waals surface area contributed by atoms with Gasteiger partial charge in [0, 0.05) is 5.56 Å². The lowest BCUT2D eigenvalue weighted by Crippen LogP contribution is -1.95. The molecule has 0 radical (unpaired) electrons. The largest absolute Gasteiger partial charge is 0.495 e. The van der Waals surface area contributed by atoms with Gasteiger partial charge in [0.05, 0.1) is 12.8 Å². The number of ether oxygens (including phenoxy) is 3. The zero-order valence-corrected chi connectivity index (χ0v) is 11.9. The third-order valence-corrected chi connectivity index (χ3v) is 3.57. The quantitative estimate of drug-likeness (QED) is 0.890. The van der Waals surface area contributed by atoms with E-state index in [-0.39, 0.29) is 12.5 Å². The lowest BCUT2D eigenvalue weighted by Gasteiger charge is -2.10. The van der Waals surface area contributed by atoms with E-state index in [4.69, 9.17) is 19.3 Å². The van der Waals surface area contributed by atoms with E-state index in [1.807, 2.05) is 0 Å². The Hall–Kier alpha value is -2.22. The van der Waals surface area contributed by atoms with Crippen molar-refractivity contribution < 1.29 is 24.1 Å². The first-order valence-electron chi connectivity index (χ1n) is 5.57. The molecule has 1 aliphatic heterocycles. The van der Waals surface area contributed by atoms with Gasteiger partial charge in [-0.05, 0) is 28.1 Å². The number of carboxylic acids is 1. The Kier molecular flexibility index (Phi) is 3.01. The number of hydrogen-bond donors (Lipinski definition) is 2. The Bertz CT molecular complexity index is 697. The molecular formula is C12H9BrN2O5. The number of nitrogens with one attached hydrogen (secondary N) is 1. The summed E-state index contributed by atoms with van der Waals surface area (Å²) in [7, 11) is 1.51. The maximum Gasteiger partial charge on any atom is 0.353 e. The summed E-state index contributed by atoms with van der Waals surface area (Å²) >= 11 is 3.39. The van der Waals surface area contributed by atoms with Gasteiger partial charge in [-0.1, -0.05) is 0 Å². The number of carboxylic acid groups (broad SMARTS) is 1. The van der Waals surface area contributed by atoms with Crippen LogP contribution in [0.15, 0.2) is 16.6 Å². The number of hydrogen-bond acceptors (Lipinski definition) is 5. The van der Waals surface area contributed by atoms with Crippen molar-refractivity contribution in [3.63, 3.8) is 0 Å². The SMILES string of the molecule is COc1c(-c2cc(C(=O)O)[nH]n2)cc2c(c1Br)OCO2. The van der Waals surface area contributed by atoms with Crippen molar-refractivity contribution in [3.05, 3.63) is 22.3 Å². The molecule has 2 N–H and O–H groups in total. The number of aromatic amines is 1. The highest BCUT2D eigenvalue weighted by atomic mass is 79.9. The van der Waals surface area contributed by atoms with E-state index in [9.17, 15) is 4.79 Å². The van der Waals surface area contributed by atoms with E-state index in [2.05, 4.69) is 26.1 Å². The molecular weight excluding hydrogens is 332 g/mol. The number of benzene rings is 1. The molecule has 20 heavy (non-hydrogen) atoms. The Morgan fingerprint density at radius 3 is 2.95 bits per heavy atom. The number of aromatic nitrogens is 2. The summed E-state index contributed by atoms with van der Waals surface area (Å²) in [6.45, 7) is 0.126. The van der Waals surface area contributed by atoms with Gasteiger partial charge in [-0.2, -0.15) is 5.10 Å². The molecule has 3 rings (SSSR count). The fourth-order valence-electron chi connectivity index (χ4n) is 1.94. The molecule has 1 aliphatic rings. The van der Waals surface area contributed by atoms with Crippen LogP contribution in [0, 0.1) is 0 Å². The van der Waals surface area contributed by atoms with Crippen LogP contribution in [0.4, 0.5) is 0 Å². The average Bonchev–Trinajstić information content (AvgIpc) is 3.07. The minimum atomic E-state index is -1.08. The number of halogens is 1. The second-order valence-electron chi connectivity index (χ2n) is 3.98. The average molecular weight is 341 g/mol. The van der Waals surface area contributed by atoms with Gasteiger partial charge in [-0.15, -0.1) is 0 Å². The van der Waals surface area contributed by atoms with E-state index >= 15 is 0 Å². The fraction of sp³-hybridized carbons (Fsp3) is 0.167. The van der Waals surface area contributed by atoms with E-state index in [1.165, 1.54) is 13.2 Å². The minimum Gasteiger partial charge on any atom is -0.495 e. The second-order valence-corrected chi connectivity index (χ2v) is 4.77. The number of rotatable bonds is 3. The maximum atomic E-state index is 10.9. The highest BCUT2D eigenvalue weighted by molar-refractivity contribution is 9.10. The monoisotopic (exact) mass is 340 g/mol. The molecule has 8 heteroatoms. The van der Waals surface area contributed by atoms with Crippen LogP contribution in [-0.4, -0.2) is 35.2 Å². The predicted molar refractivity (Wildman–Crippen MR) is 71.4 cm³/mol. The first-order chi connectivity index (χ1) is 9.61. The summed E-state index contributed by atoms with van der Waals surface area (Å²) in [5, 5.41) is 15.4. The van der Waals surface area contributed by atoms with Gasteiger partial charge in [-0.25, -0.2) is 4.79 Å². The molecule has 0 fully saturated rings. The van der Waals surface area contributed by atoms with Gasteiger partial charge in [0.2, 0.25) is 6.79 Å². The third-order valence-electron chi connectivity index (χ3n) is 2.85. The molecule has 104 valence electrons. The second kappa shape index (κ2) is 4.71. The van der Waals surface area contributed by atoms with Crippen LogP contribution in [0.1, 0.15) is 10.5 Å². The smallest absolute Gasteiger partial charge is 0.353 e. The first kappa shape index (κ1) is 12.8. The van der Waals surface area contributed by atoms with Gasteiger partial charge < -0.3 is 19.3 Å². The van der Waals surface area contributed by atoms with E-state index in [1.54, 1.807) is 6.07 Å². The number of aromatic carboxylic acids is 1. The lowest BCUT2D eigenvalue weighted by molar-refractivity contribution is 0.0690. The van der Waals surface area contributed by atoms with Crippen LogP contribution in [0.3, 0.4) is 0 Å².